The van der Waals surface area contributed by atoms with Gasteiger partial charge in [0.25, 0.3) is 0 Å². The van der Waals surface area contributed by atoms with Crippen molar-refractivity contribution in [1.82, 2.24) is 19.5 Å². The fraction of sp³-hybridized carbons (Fsp3) is 0.0930. The van der Waals surface area contributed by atoms with Crippen molar-refractivity contribution in [2.75, 3.05) is 0 Å². The number of fused-ring (bicyclic) bond motifs is 6. The first-order valence-corrected chi connectivity index (χ1v) is 16.0. The number of rotatable bonds is 6. The first-order valence-electron chi connectivity index (χ1n) is 16.0. The number of allylic oxidation sites excluding steroid dienone is 5. The van der Waals surface area contributed by atoms with Crippen LogP contribution in [0.3, 0.4) is 0 Å². The zero-order valence-corrected chi connectivity index (χ0v) is 26.8. The molecule has 0 amide bonds. The molecule has 0 N–H and O–H groups in total. The van der Waals surface area contributed by atoms with Gasteiger partial charge in [-0.2, -0.15) is 0 Å². The second-order valence-electron chi connectivity index (χ2n) is 12.5. The Morgan fingerprint density at radius 2 is 1.34 bits per heavy atom. The van der Waals surface area contributed by atoms with Crippen LogP contribution in [0.25, 0.3) is 67.0 Å². The monoisotopic (exact) mass is 606 g/mol. The third kappa shape index (κ3) is 4.56. The van der Waals surface area contributed by atoms with E-state index >= 15 is 0 Å². The summed E-state index contributed by atoms with van der Waals surface area (Å²) in [7, 11) is 0. The van der Waals surface area contributed by atoms with Crippen LogP contribution in [-0.4, -0.2) is 19.5 Å². The molecule has 5 aromatic carbocycles. The van der Waals surface area contributed by atoms with Crippen molar-refractivity contribution in [3.63, 3.8) is 0 Å². The molecule has 0 atom stereocenters. The van der Waals surface area contributed by atoms with Gasteiger partial charge in [-0.1, -0.05) is 136 Å². The largest absolute Gasteiger partial charge is 0.309 e. The zero-order valence-electron chi connectivity index (χ0n) is 26.8. The lowest BCUT2D eigenvalue weighted by Crippen LogP contribution is -2.15. The van der Waals surface area contributed by atoms with Crippen LogP contribution in [0, 0.1) is 0 Å². The minimum Gasteiger partial charge on any atom is -0.309 e. The molecule has 0 aliphatic heterocycles. The molecule has 0 saturated carbocycles. The average Bonchev–Trinajstić information content (AvgIpc) is 3.57. The second kappa shape index (κ2) is 11.2. The SMILES string of the molecule is C=C/C=C(\C=C/C)c1nc(-c2ccccc2)nc(-c2ccc3c(c2)-c2c(-n4c5ccccc5c5ccccc54)cccc2C3(C)C)n1. The van der Waals surface area contributed by atoms with Crippen LogP contribution in [-0.2, 0) is 5.41 Å². The number of hydrogen-bond donors (Lipinski definition) is 0. The van der Waals surface area contributed by atoms with E-state index in [4.69, 9.17) is 15.0 Å². The predicted octanol–water partition coefficient (Wildman–Crippen LogP) is 10.8. The van der Waals surface area contributed by atoms with Gasteiger partial charge in [-0.25, -0.2) is 15.0 Å². The highest BCUT2D eigenvalue weighted by molar-refractivity contribution is 6.10. The topological polar surface area (TPSA) is 43.6 Å². The van der Waals surface area contributed by atoms with E-state index < -0.39 is 0 Å². The molecule has 4 heteroatoms. The number of benzene rings is 5. The normalized spacial score (nSPS) is 13.7. The Morgan fingerprint density at radius 3 is 2.02 bits per heavy atom. The van der Waals surface area contributed by atoms with Gasteiger partial charge < -0.3 is 4.57 Å². The maximum Gasteiger partial charge on any atom is 0.164 e. The van der Waals surface area contributed by atoms with Crippen molar-refractivity contribution >= 4 is 27.4 Å². The molecule has 8 rings (SSSR count). The number of hydrogen-bond acceptors (Lipinski definition) is 3. The lowest BCUT2D eigenvalue weighted by atomic mass is 9.82. The van der Waals surface area contributed by atoms with Crippen molar-refractivity contribution < 1.29 is 0 Å². The quantitative estimate of drug-likeness (QED) is 0.177. The van der Waals surface area contributed by atoms with Gasteiger partial charge in [0, 0.05) is 38.5 Å². The van der Waals surface area contributed by atoms with Crippen LogP contribution in [0.4, 0.5) is 0 Å². The average molecular weight is 607 g/mol. The molecule has 1 aliphatic rings. The number of aromatic nitrogens is 4. The molecule has 2 aromatic heterocycles. The molecule has 0 saturated heterocycles. The molecule has 1 aliphatic carbocycles. The van der Waals surface area contributed by atoms with Gasteiger partial charge in [0.15, 0.2) is 17.5 Å². The molecule has 7 aromatic rings. The number of nitrogens with zero attached hydrogens (tertiary/aromatic N) is 4. The maximum atomic E-state index is 5.04. The van der Waals surface area contributed by atoms with Gasteiger partial charge in [-0.05, 0) is 47.9 Å². The Morgan fingerprint density at radius 1 is 0.681 bits per heavy atom. The standard InChI is InChI=1S/C43H34N4/c1-5-15-28(16-6-2)40-44-41(29-17-8-7-9-18-29)46-42(45-40)30-25-26-34-33(27-30)39-35(43(34,3)4)21-14-24-38(39)47-36-22-12-10-19-31(36)32-20-11-13-23-37(32)47/h5-27H,1H2,2-4H3/b16-6-,28-15+. The molecular formula is C43H34N4. The Labute approximate surface area is 275 Å². The molecule has 226 valence electrons. The van der Waals surface area contributed by atoms with E-state index in [-0.39, 0.29) is 5.41 Å². The summed E-state index contributed by atoms with van der Waals surface area (Å²) < 4.78 is 2.43. The second-order valence-corrected chi connectivity index (χ2v) is 12.5. The molecule has 0 spiro atoms. The van der Waals surface area contributed by atoms with Crippen LogP contribution in [0.5, 0.6) is 0 Å². The first kappa shape index (κ1) is 28.6. The summed E-state index contributed by atoms with van der Waals surface area (Å²) in [6, 6.07) is 40.9. The Balaban J connectivity index is 1.38. The molecule has 47 heavy (non-hydrogen) atoms. The van der Waals surface area contributed by atoms with Crippen molar-refractivity contribution in [2.24, 2.45) is 0 Å². The summed E-state index contributed by atoms with van der Waals surface area (Å²) in [5.74, 6) is 1.88. The highest BCUT2D eigenvalue weighted by atomic mass is 15.0. The molecule has 2 heterocycles. The summed E-state index contributed by atoms with van der Waals surface area (Å²) in [6.45, 7) is 10.6. The maximum absolute atomic E-state index is 5.04. The molecule has 0 fully saturated rings. The Kier molecular flexibility index (Phi) is 6.80. The fourth-order valence-corrected chi connectivity index (χ4v) is 7.15. The number of para-hydroxylation sites is 2. The van der Waals surface area contributed by atoms with Gasteiger partial charge in [-0.15, -0.1) is 0 Å². The Hall–Kier alpha value is -5.87. The minimum absolute atomic E-state index is 0.177. The zero-order chi connectivity index (χ0) is 32.1. The van der Waals surface area contributed by atoms with Gasteiger partial charge in [-0.3, -0.25) is 0 Å². The summed E-state index contributed by atoms with van der Waals surface area (Å²) in [4.78, 5) is 15.0. The fourth-order valence-electron chi connectivity index (χ4n) is 7.15. The van der Waals surface area contributed by atoms with Crippen molar-refractivity contribution in [3.05, 3.63) is 163 Å². The van der Waals surface area contributed by atoms with Crippen molar-refractivity contribution in [1.29, 1.82) is 0 Å². The summed E-state index contributed by atoms with van der Waals surface area (Å²) >= 11 is 0. The van der Waals surface area contributed by atoms with E-state index in [2.05, 4.69) is 110 Å². The van der Waals surface area contributed by atoms with Crippen LogP contribution in [0.1, 0.15) is 37.7 Å². The van der Waals surface area contributed by atoms with Crippen LogP contribution < -0.4 is 0 Å². The molecule has 0 bridgehead atoms. The van der Waals surface area contributed by atoms with Gasteiger partial charge in [0.2, 0.25) is 0 Å². The minimum atomic E-state index is -0.177. The van der Waals surface area contributed by atoms with Gasteiger partial charge in [0.1, 0.15) is 0 Å². The lowest BCUT2D eigenvalue weighted by molar-refractivity contribution is 0.660. The Bertz CT molecular complexity index is 2350. The summed E-state index contributed by atoms with van der Waals surface area (Å²) in [6.07, 6.45) is 7.71. The van der Waals surface area contributed by atoms with Crippen molar-refractivity contribution in [3.8, 4) is 39.6 Å². The van der Waals surface area contributed by atoms with Gasteiger partial charge >= 0.3 is 0 Å². The third-order valence-electron chi connectivity index (χ3n) is 9.33. The molecule has 0 radical (unpaired) electrons. The summed E-state index contributed by atoms with van der Waals surface area (Å²) in [5, 5.41) is 2.50. The van der Waals surface area contributed by atoms with Crippen LogP contribution in [0.15, 0.2) is 146 Å². The highest BCUT2D eigenvalue weighted by Crippen LogP contribution is 2.52. The molecule has 0 unspecified atom stereocenters. The van der Waals surface area contributed by atoms with Crippen molar-refractivity contribution in [2.45, 2.75) is 26.2 Å². The predicted molar refractivity (Wildman–Crippen MR) is 196 cm³/mol. The highest BCUT2D eigenvalue weighted by Gasteiger charge is 2.37. The van der Waals surface area contributed by atoms with Crippen LogP contribution in [0.2, 0.25) is 0 Å². The molecule has 4 nitrogen and oxygen atoms in total. The van der Waals surface area contributed by atoms with E-state index in [1.165, 1.54) is 49.7 Å². The first-order chi connectivity index (χ1) is 23.0. The van der Waals surface area contributed by atoms with E-state index in [0.29, 0.717) is 17.5 Å². The summed E-state index contributed by atoms with van der Waals surface area (Å²) in [5.41, 5.74) is 11.2. The lowest BCUT2D eigenvalue weighted by Gasteiger charge is -2.22. The molecular weight excluding hydrogens is 573 g/mol. The third-order valence-corrected chi connectivity index (χ3v) is 9.33. The van der Waals surface area contributed by atoms with Crippen LogP contribution >= 0.6 is 0 Å². The van der Waals surface area contributed by atoms with Gasteiger partial charge in [0.05, 0.1) is 16.7 Å². The van der Waals surface area contributed by atoms with E-state index in [1.807, 2.05) is 55.5 Å². The smallest absolute Gasteiger partial charge is 0.164 e. The van der Waals surface area contributed by atoms with E-state index in [0.717, 1.165) is 16.7 Å². The van der Waals surface area contributed by atoms with E-state index in [1.54, 1.807) is 6.08 Å². The van der Waals surface area contributed by atoms with E-state index in [9.17, 15) is 0 Å².